The van der Waals surface area contributed by atoms with Crippen molar-refractivity contribution in [3.8, 4) is 0 Å². The molecule has 0 radical (unpaired) electrons. The van der Waals surface area contributed by atoms with E-state index in [1.165, 1.54) is 16.5 Å². The van der Waals surface area contributed by atoms with Crippen LogP contribution in [0.15, 0.2) is 33.8 Å². The van der Waals surface area contributed by atoms with E-state index in [0.29, 0.717) is 5.75 Å². The van der Waals surface area contributed by atoms with Crippen molar-refractivity contribution in [1.29, 1.82) is 0 Å². The summed E-state index contributed by atoms with van der Waals surface area (Å²) in [6.07, 6.45) is -0.104. The molecule has 0 atom stereocenters. The van der Waals surface area contributed by atoms with Crippen LogP contribution in [0.3, 0.4) is 0 Å². The summed E-state index contributed by atoms with van der Waals surface area (Å²) in [4.78, 5) is 16.4. The van der Waals surface area contributed by atoms with Crippen molar-refractivity contribution in [2.75, 3.05) is 5.75 Å². The van der Waals surface area contributed by atoms with Gasteiger partial charge in [-0.05, 0) is 32.9 Å². The van der Waals surface area contributed by atoms with Crippen LogP contribution in [-0.4, -0.2) is 37.6 Å². The van der Waals surface area contributed by atoms with Gasteiger partial charge in [0.25, 0.3) is 0 Å². The van der Waals surface area contributed by atoms with Crippen molar-refractivity contribution < 1.29 is 9.53 Å². The van der Waals surface area contributed by atoms with E-state index in [0.717, 1.165) is 27.4 Å². The molecule has 0 fully saturated rings. The Hall–Kier alpha value is -1.58. The van der Waals surface area contributed by atoms with E-state index in [1.807, 2.05) is 43.5 Å². The molecular formula is C17H20N4O2S3. The van der Waals surface area contributed by atoms with Crippen molar-refractivity contribution in [3.05, 3.63) is 30.1 Å². The highest BCUT2D eigenvalue weighted by molar-refractivity contribution is 8.00. The first-order chi connectivity index (χ1) is 12.6. The van der Waals surface area contributed by atoms with E-state index < -0.39 is 0 Å². The Morgan fingerprint density at radius 1 is 1.27 bits per heavy atom. The second kappa shape index (κ2) is 8.88. The van der Waals surface area contributed by atoms with Crippen LogP contribution in [0.2, 0.25) is 0 Å². The number of aromatic nitrogens is 4. The fourth-order valence-electron chi connectivity index (χ4n) is 2.31. The molecule has 0 spiro atoms. The minimum atomic E-state index is -0.235. The Bertz CT molecular complexity index is 858. The van der Waals surface area contributed by atoms with Crippen LogP contribution in [0.5, 0.6) is 0 Å². The van der Waals surface area contributed by atoms with Crippen LogP contribution < -0.4 is 0 Å². The molecule has 3 rings (SSSR count). The predicted molar refractivity (Wildman–Crippen MR) is 107 cm³/mol. The van der Waals surface area contributed by atoms with Crippen LogP contribution in [0.1, 0.15) is 26.6 Å². The number of thioether (sulfide) groups is 2. The molecule has 2 aromatic heterocycles. The molecule has 3 aromatic rings. The quantitative estimate of drug-likeness (QED) is 0.408. The minimum Gasteiger partial charge on any atom is -0.462 e. The number of fused-ring (bicyclic) bond motifs is 1. The molecule has 138 valence electrons. The summed E-state index contributed by atoms with van der Waals surface area (Å²) in [5, 5.41) is 9.27. The van der Waals surface area contributed by atoms with Gasteiger partial charge in [-0.3, -0.25) is 4.79 Å². The van der Waals surface area contributed by atoms with E-state index in [1.54, 1.807) is 23.1 Å². The molecule has 0 aliphatic carbocycles. The van der Waals surface area contributed by atoms with Gasteiger partial charge in [0.15, 0.2) is 9.50 Å². The summed E-state index contributed by atoms with van der Waals surface area (Å²) < 4.78 is 9.40. The smallest absolute Gasteiger partial charge is 0.316 e. The molecule has 2 heterocycles. The number of carbonyl (C=O) groups excluding carboxylic acids is 1. The third-order valence-electron chi connectivity index (χ3n) is 3.39. The summed E-state index contributed by atoms with van der Waals surface area (Å²) in [6, 6.07) is 8.13. The molecule has 1 aromatic carbocycles. The molecular weight excluding hydrogens is 388 g/mol. The van der Waals surface area contributed by atoms with Gasteiger partial charge in [0.05, 0.1) is 27.8 Å². The maximum Gasteiger partial charge on any atom is 0.316 e. The molecule has 0 N–H and O–H groups in total. The monoisotopic (exact) mass is 408 g/mol. The second-order valence-corrected chi connectivity index (χ2v) is 8.90. The summed E-state index contributed by atoms with van der Waals surface area (Å²) in [6.45, 7) is 6.49. The average molecular weight is 409 g/mol. The molecule has 0 aliphatic heterocycles. The molecule has 6 nitrogen and oxygen atoms in total. The first-order valence-electron chi connectivity index (χ1n) is 8.29. The Kier molecular flexibility index (Phi) is 6.55. The SMILES string of the molecule is CCn1c(CSc2nc3ccccc3s2)nnc1SCC(=O)OC(C)C. The summed E-state index contributed by atoms with van der Waals surface area (Å²) in [7, 11) is 0. The molecule has 26 heavy (non-hydrogen) atoms. The largest absolute Gasteiger partial charge is 0.462 e. The van der Waals surface area contributed by atoms with E-state index >= 15 is 0 Å². The highest BCUT2D eigenvalue weighted by Crippen LogP contribution is 2.31. The van der Waals surface area contributed by atoms with Gasteiger partial charge in [0, 0.05) is 6.54 Å². The number of nitrogens with zero attached hydrogens (tertiary/aromatic N) is 4. The van der Waals surface area contributed by atoms with Gasteiger partial charge in [-0.1, -0.05) is 35.7 Å². The Balaban J connectivity index is 1.63. The number of ether oxygens (including phenoxy) is 1. The van der Waals surface area contributed by atoms with Gasteiger partial charge in [-0.2, -0.15) is 0 Å². The van der Waals surface area contributed by atoms with E-state index in [9.17, 15) is 4.79 Å². The number of esters is 1. The van der Waals surface area contributed by atoms with Crippen molar-refractivity contribution in [2.24, 2.45) is 0 Å². The third kappa shape index (κ3) is 4.77. The Labute approximate surface area is 164 Å². The minimum absolute atomic E-state index is 0.104. The lowest BCUT2D eigenvalue weighted by Crippen LogP contribution is -2.13. The topological polar surface area (TPSA) is 69.9 Å². The van der Waals surface area contributed by atoms with Crippen molar-refractivity contribution in [1.82, 2.24) is 19.7 Å². The number of para-hydroxylation sites is 1. The van der Waals surface area contributed by atoms with Gasteiger partial charge >= 0.3 is 5.97 Å². The average Bonchev–Trinajstić information content (AvgIpc) is 3.20. The zero-order valence-electron chi connectivity index (χ0n) is 14.8. The first-order valence-corrected chi connectivity index (χ1v) is 11.1. The van der Waals surface area contributed by atoms with E-state index in [2.05, 4.69) is 21.2 Å². The fraction of sp³-hybridized carbons (Fsp3) is 0.412. The number of benzene rings is 1. The number of hydrogen-bond acceptors (Lipinski definition) is 8. The zero-order valence-corrected chi connectivity index (χ0v) is 17.3. The standard InChI is InChI=1S/C17H20N4O2S3/c1-4-21-14(19-20-16(21)24-10-15(22)23-11(2)3)9-25-17-18-12-7-5-6-8-13(12)26-17/h5-8,11H,4,9-10H2,1-3H3. The van der Waals surface area contributed by atoms with Crippen molar-refractivity contribution in [3.63, 3.8) is 0 Å². The zero-order chi connectivity index (χ0) is 18.5. The van der Waals surface area contributed by atoms with Gasteiger partial charge in [-0.15, -0.1) is 21.5 Å². The van der Waals surface area contributed by atoms with Gasteiger partial charge in [-0.25, -0.2) is 4.98 Å². The molecule has 0 bridgehead atoms. The molecule has 0 saturated carbocycles. The normalized spacial score (nSPS) is 11.4. The van der Waals surface area contributed by atoms with Crippen molar-refractivity contribution >= 4 is 51.0 Å². The lowest BCUT2D eigenvalue weighted by atomic mass is 10.3. The number of carbonyl (C=O) groups is 1. The Morgan fingerprint density at radius 2 is 2.08 bits per heavy atom. The summed E-state index contributed by atoms with van der Waals surface area (Å²) in [5.41, 5.74) is 1.02. The third-order valence-corrected chi connectivity index (χ3v) is 6.51. The van der Waals surface area contributed by atoms with Crippen LogP contribution in [-0.2, 0) is 21.8 Å². The molecule has 0 unspecified atom stereocenters. The highest BCUT2D eigenvalue weighted by Gasteiger charge is 2.15. The molecule has 0 saturated heterocycles. The maximum absolute atomic E-state index is 11.7. The van der Waals surface area contributed by atoms with Gasteiger partial charge < -0.3 is 9.30 Å². The molecule has 0 amide bonds. The van der Waals surface area contributed by atoms with Crippen molar-refractivity contribution in [2.45, 2.75) is 48.7 Å². The van der Waals surface area contributed by atoms with Gasteiger partial charge in [0.2, 0.25) is 0 Å². The van der Waals surface area contributed by atoms with Crippen LogP contribution in [0.25, 0.3) is 10.2 Å². The number of thiazole rings is 1. The van der Waals surface area contributed by atoms with Crippen LogP contribution >= 0.6 is 34.9 Å². The summed E-state index contributed by atoms with van der Waals surface area (Å²) >= 11 is 4.70. The van der Waals surface area contributed by atoms with Gasteiger partial charge in [0.1, 0.15) is 5.82 Å². The predicted octanol–water partition coefficient (Wildman–Crippen LogP) is 4.24. The molecule has 0 aliphatic rings. The second-order valence-electron chi connectivity index (χ2n) is 5.71. The lowest BCUT2D eigenvalue weighted by Gasteiger charge is -2.08. The Morgan fingerprint density at radius 3 is 2.81 bits per heavy atom. The van der Waals surface area contributed by atoms with E-state index in [-0.39, 0.29) is 17.8 Å². The number of hydrogen-bond donors (Lipinski definition) is 0. The number of rotatable bonds is 8. The highest BCUT2D eigenvalue weighted by atomic mass is 32.2. The van der Waals surface area contributed by atoms with Crippen LogP contribution in [0.4, 0.5) is 0 Å². The molecule has 9 heteroatoms. The maximum atomic E-state index is 11.7. The lowest BCUT2D eigenvalue weighted by molar-refractivity contribution is -0.144. The van der Waals surface area contributed by atoms with E-state index in [4.69, 9.17) is 4.74 Å². The van der Waals surface area contributed by atoms with Crippen LogP contribution in [0, 0.1) is 0 Å². The fourth-order valence-corrected chi connectivity index (χ4v) is 5.12. The first kappa shape index (κ1) is 19.2. The summed E-state index contributed by atoms with van der Waals surface area (Å²) in [5.74, 6) is 1.58.